The molecule has 4 rings (SSSR count). The summed E-state index contributed by atoms with van der Waals surface area (Å²) in [7, 11) is 0. The summed E-state index contributed by atoms with van der Waals surface area (Å²) in [6.07, 6.45) is 1.65. The standard InChI is InChI=1S/C16H16N2OS3/c1-9(19)14-13(18-7-6-17-16(18)22-14)10-3-4-12(20-2)15-11(10)5-8-21-15/h3-5,8-9,19H,6-7H2,1-2H3. The molecule has 114 valence electrons. The van der Waals surface area contributed by atoms with Crippen molar-refractivity contribution in [2.75, 3.05) is 19.3 Å². The fourth-order valence-corrected chi connectivity index (χ4v) is 5.82. The van der Waals surface area contributed by atoms with Gasteiger partial charge in [0, 0.05) is 32.0 Å². The second kappa shape index (κ2) is 5.60. The third-order valence-corrected chi connectivity index (χ3v) is 7.08. The zero-order chi connectivity index (χ0) is 15.3. The summed E-state index contributed by atoms with van der Waals surface area (Å²) in [5.41, 5.74) is 2.36. The van der Waals surface area contributed by atoms with Crippen LogP contribution in [0.1, 0.15) is 12.5 Å². The minimum Gasteiger partial charge on any atom is -0.388 e. The summed E-state index contributed by atoms with van der Waals surface area (Å²) in [5, 5.41) is 14.7. The minimum atomic E-state index is -0.470. The molecule has 0 fully saturated rings. The van der Waals surface area contributed by atoms with Crippen molar-refractivity contribution in [2.24, 2.45) is 4.99 Å². The van der Waals surface area contributed by atoms with Crippen LogP contribution in [0.25, 0.3) is 15.8 Å². The number of hydrogen-bond donors (Lipinski definition) is 1. The van der Waals surface area contributed by atoms with Crippen molar-refractivity contribution in [3.8, 4) is 0 Å². The Hall–Kier alpha value is -0.950. The Morgan fingerprint density at radius 2 is 2.23 bits per heavy atom. The van der Waals surface area contributed by atoms with Crippen molar-refractivity contribution in [1.82, 2.24) is 4.90 Å². The van der Waals surface area contributed by atoms with E-state index in [4.69, 9.17) is 0 Å². The number of rotatable bonds is 3. The molecule has 3 nitrogen and oxygen atoms in total. The van der Waals surface area contributed by atoms with Crippen LogP contribution in [0.3, 0.4) is 0 Å². The average Bonchev–Trinajstić information content (AvgIpc) is 3.20. The number of nitrogens with zero attached hydrogens (tertiary/aromatic N) is 2. The number of amidine groups is 1. The fourth-order valence-electron chi connectivity index (χ4n) is 2.97. The van der Waals surface area contributed by atoms with E-state index in [9.17, 15) is 5.11 Å². The van der Waals surface area contributed by atoms with Gasteiger partial charge in [-0.1, -0.05) is 17.8 Å². The lowest BCUT2D eigenvalue weighted by molar-refractivity contribution is 0.240. The van der Waals surface area contributed by atoms with Crippen molar-refractivity contribution in [3.05, 3.63) is 34.0 Å². The van der Waals surface area contributed by atoms with E-state index in [1.165, 1.54) is 20.5 Å². The van der Waals surface area contributed by atoms with Crippen molar-refractivity contribution in [2.45, 2.75) is 17.9 Å². The van der Waals surface area contributed by atoms with Gasteiger partial charge in [-0.2, -0.15) is 0 Å². The molecule has 1 N–H and O–H groups in total. The maximum atomic E-state index is 10.2. The Morgan fingerprint density at radius 3 is 3.00 bits per heavy atom. The topological polar surface area (TPSA) is 35.8 Å². The number of benzene rings is 1. The number of aliphatic hydroxyl groups excluding tert-OH is 1. The van der Waals surface area contributed by atoms with E-state index in [-0.39, 0.29) is 0 Å². The molecule has 0 spiro atoms. The van der Waals surface area contributed by atoms with Crippen LogP contribution < -0.4 is 0 Å². The molecular formula is C16H16N2OS3. The third kappa shape index (κ3) is 2.12. The number of aliphatic hydroxyl groups is 1. The first kappa shape index (κ1) is 14.6. The first-order valence-corrected chi connectivity index (χ1v) is 10.1. The van der Waals surface area contributed by atoms with Gasteiger partial charge < -0.3 is 10.0 Å². The first-order valence-electron chi connectivity index (χ1n) is 7.17. The molecule has 22 heavy (non-hydrogen) atoms. The summed E-state index contributed by atoms with van der Waals surface area (Å²) in [4.78, 5) is 9.15. The second-order valence-electron chi connectivity index (χ2n) is 5.29. The number of aliphatic imine (C=N–C) groups is 1. The van der Waals surface area contributed by atoms with Crippen molar-refractivity contribution in [1.29, 1.82) is 0 Å². The highest BCUT2D eigenvalue weighted by Crippen LogP contribution is 2.46. The third-order valence-electron chi connectivity index (χ3n) is 3.94. The maximum absolute atomic E-state index is 10.2. The predicted molar refractivity (Wildman–Crippen MR) is 98.8 cm³/mol. The highest BCUT2D eigenvalue weighted by Gasteiger charge is 2.35. The predicted octanol–water partition coefficient (Wildman–Crippen LogP) is 4.09. The first-order chi connectivity index (χ1) is 10.7. The number of hydrogen-bond acceptors (Lipinski definition) is 6. The van der Waals surface area contributed by atoms with E-state index in [1.807, 2.05) is 6.92 Å². The Labute approximate surface area is 142 Å². The molecule has 0 aliphatic carbocycles. The molecule has 1 atom stereocenters. The van der Waals surface area contributed by atoms with Crippen LogP contribution in [0.5, 0.6) is 0 Å². The van der Waals surface area contributed by atoms with Gasteiger partial charge in [0.25, 0.3) is 0 Å². The molecular weight excluding hydrogens is 332 g/mol. The van der Waals surface area contributed by atoms with Gasteiger partial charge in [-0.3, -0.25) is 4.99 Å². The van der Waals surface area contributed by atoms with Gasteiger partial charge in [0.05, 0.1) is 18.3 Å². The van der Waals surface area contributed by atoms with Crippen molar-refractivity contribution >= 4 is 55.8 Å². The number of thiophene rings is 1. The average molecular weight is 349 g/mol. The molecule has 1 aromatic heterocycles. The second-order valence-corrected chi connectivity index (χ2v) is 8.06. The molecule has 1 aromatic carbocycles. The highest BCUT2D eigenvalue weighted by molar-refractivity contribution is 8.17. The Balaban J connectivity index is 1.95. The molecule has 0 bridgehead atoms. The van der Waals surface area contributed by atoms with Gasteiger partial charge >= 0.3 is 0 Å². The highest BCUT2D eigenvalue weighted by atomic mass is 32.2. The Morgan fingerprint density at radius 1 is 1.36 bits per heavy atom. The molecule has 0 amide bonds. The lowest BCUT2D eigenvalue weighted by Crippen LogP contribution is -2.20. The smallest absolute Gasteiger partial charge is 0.168 e. The molecule has 0 saturated heterocycles. The zero-order valence-corrected chi connectivity index (χ0v) is 14.8. The number of fused-ring (bicyclic) bond motifs is 2. The van der Waals surface area contributed by atoms with E-state index < -0.39 is 6.10 Å². The summed E-state index contributed by atoms with van der Waals surface area (Å²) in [6.45, 7) is 3.59. The van der Waals surface area contributed by atoms with E-state index in [0.717, 1.165) is 28.9 Å². The summed E-state index contributed by atoms with van der Waals surface area (Å²) in [5.74, 6) is 0. The molecule has 6 heteroatoms. The molecule has 2 aromatic rings. The monoisotopic (exact) mass is 348 g/mol. The van der Waals surface area contributed by atoms with Crippen LogP contribution in [0.2, 0.25) is 0 Å². The Bertz CT molecular complexity index is 807. The number of thioether (sulfide) groups is 2. The lowest BCUT2D eigenvalue weighted by Gasteiger charge is -2.19. The Kier molecular flexibility index (Phi) is 3.72. The molecule has 1 unspecified atom stereocenters. The maximum Gasteiger partial charge on any atom is 0.168 e. The largest absolute Gasteiger partial charge is 0.388 e. The molecule has 3 heterocycles. The molecule has 2 aliphatic rings. The van der Waals surface area contributed by atoms with Crippen LogP contribution in [-0.4, -0.2) is 40.6 Å². The van der Waals surface area contributed by atoms with Crippen molar-refractivity contribution in [3.63, 3.8) is 0 Å². The molecule has 2 aliphatic heterocycles. The van der Waals surface area contributed by atoms with Gasteiger partial charge in [-0.25, -0.2) is 0 Å². The van der Waals surface area contributed by atoms with Crippen molar-refractivity contribution < 1.29 is 5.11 Å². The van der Waals surface area contributed by atoms with E-state index in [1.54, 1.807) is 34.9 Å². The summed E-state index contributed by atoms with van der Waals surface area (Å²) < 4.78 is 1.33. The van der Waals surface area contributed by atoms with Gasteiger partial charge in [0.15, 0.2) is 5.17 Å². The zero-order valence-electron chi connectivity index (χ0n) is 12.4. The van der Waals surface area contributed by atoms with Gasteiger partial charge in [-0.15, -0.1) is 23.1 Å². The van der Waals surface area contributed by atoms with Crippen LogP contribution in [0.15, 0.2) is 38.4 Å². The van der Waals surface area contributed by atoms with Gasteiger partial charge in [0.1, 0.15) is 0 Å². The summed E-state index contributed by atoms with van der Waals surface area (Å²) >= 11 is 5.19. The van der Waals surface area contributed by atoms with Crippen LogP contribution in [-0.2, 0) is 0 Å². The quantitative estimate of drug-likeness (QED) is 0.848. The summed E-state index contributed by atoms with van der Waals surface area (Å²) in [6, 6.07) is 6.58. The van der Waals surface area contributed by atoms with Crippen LogP contribution >= 0.6 is 34.9 Å². The van der Waals surface area contributed by atoms with E-state index >= 15 is 0 Å². The van der Waals surface area contributed by atoms with Crippen LogP contribution in [0, 0.1) is 0 Å². The molecule has 0 saturated carbocycles. The van der Waals surface area contributed by atoms with Gasteiger partial charge in [0.2, 0.25) is 0 Å². The van der Waals surface area contributed by atoms with E-state index in [0.29, 0.717) is 0 Å². The lowest BCUT2D eigenvalue weighted by atomic mass is 10.0. The van der Waals surface area contributed by atoms with Gasteiger partial charge in [-0.05, 0) is 30.7 Å². The van der Waals surface area contributed by atoms with Crippen LogP contribution in [0.4, 0.5) is 0 Å². The normalized spacial score (nSPS) is 19.0. The minimum absolute atomic E-state index is 0.470. The van der Waals surface area contributed by atoms with E-state index in [2.05, 4.69) is 39.7 Å². The SMILES string of the molecule is CSc1ccc(C2=C(C(C)O)SC3=NCCN32)c2ccsc12. The fraction of sp³-hybridized carbons (Fsp3) is 0.312. The molecule has 0 radical (unpaired) electrons.